The van der Waals surface area contributed by atoms with Crippen molar-refractivity contribution in [3.8, 4) is 18.1 Å². The van der Waals surface area contributed by atoms with Crippen molar-refractivity contribution >= 4 is 5.69 Å². The first-order valence-corrected chi connectivity index (χ1v) is 4.14. The quantitative estimate of drug-likeness (QED) is 0.330. The van der Waals surface area contributed by atoms with Crippen molar-refractivity contribution in [3.63, 3.8) is 0 Å². The van der Waals surface area contributed by atoms with Gasteiger partial charge in [0.05, 0.1) is 23.7 Å². The van der Waals surface area contributed by atoms with Gasteiger partial charge in [0.2, 0.25) is 0 Å². The number of nitrogens with zero attached hydrogens (tertiary/aromatic N) is 1. The molecule has 1 rings (SSSR count). The molecule has 0 heterocycles. The molecule has 0 aromatic heterocycles. The molecule has 1 aromatic carbocycles. The van der Waals surface area contributed by atoms with Crippen LogP contribution < -0.4 is 4.74 Å². The Kier molecular flexibility index (Phi) is 3.63. The molecule has 0 radical (unpaired) electrons. The van der Waals surface area contributed by atoms with E-state index < -0.39 is 10.7 Å². The van der Waals surface area contributed by atoms with Crippen molar-refractivity contribution in [2.24, 2.45) is 0 Å². The Morgan fingerprint density at radius 3 is 2.87 bits per heavy atom. The molecule has 4 nitrogen and oxygen atoms in total. The van der Waals surface area contributed by atoms with Crippen LogP contribution in [0.2, 0.25) is 0 Å². The number of terminal acetylenes is 1. The van der Waals surface area contributed by atoms with Gasteiger partial charge in [0.1, 0.15) is 11.6 Å². The maximum atomic E-state index is 12.9. The fraction of sp³-hybridized carbons (Fsp3) is 0.200. The smallest absolute Gasteiger partial charge is 0.276 e. The van der Waals surface area contributed by atoms with Crippen LogP contribution in [0.25, 0.3) is 0 Å². The maximum absolute atomic E-state index is 12.9. The van der Waals surface area contributed by atoms with Gasteiger partial charge in [-0.15, -0.1) is 12.3 Å². The predicted molar refractivity (Wildman–Crippen MR) is 52.0 cm³/mol. The Bertz CT molecular complexity index is 412. The van der Waals surface area contributed by atoms with E-state index >= 15 is 0 Å². The number of hydrogen-bond acceptors (Lipinski definition) is 3. The van der Waals surface area contributed by atoms with Gasteiger partial charge in [0.25, 0.3) is 5.69 Å². The standard InChI is InChI=1S/C10H8FNO3/c1-2-3-4-15-10-6-8(11)5-9(7-10)12(13)14/h1,5-7H,3-4H2. The first-order chi connectivity index (χ1) is 7.13. The number of halogens is 1. The molecule has 0 aliphatic carbocycles. The molecule has 5 heteroatoms. The van der Waals surface area contributed by atoms with E-state index in [4.69, 9.17) is 11.2 Å². The summed E-state index contributed by atoms with van der Waals surface area (Å²) in [4.78, 5) is 9.70. The van der Waals surface area contributed by atoms with Crippen molar-refractivity contribution in [2.75, 3.05) is 6.61 Å². The zero-order valence-electron chi connectivity index (χ0n) is 7.77. The van der Waals surface area contributed by atoms with Gasteiger partial charge >= 0.3 is 0 Å². The minimum absolute atomic E-state index is 0.108. The second-order valence-electron chi connectivity index (χ2n) is 2.70. The lowest BCUT2D eigenvalue weighted by molar-refractivity contribution is -0.385. The van der Waals surface area contributed by atoms with Crippen molar-refractivity contribution in [1.29, 1.82) is 0 Å². The van der Waals surface area contributed by atoms with Crippen LogP contribution in [-0.4, -0.2) is 11.5 Å². The zero-order chi connectivity index (χ0) is 11.3. The molecule has 0 aliphatic heterocycles. The highest BCUT2D eigenvalue weighted by molar-refractivity contribution is 5.38. The second-order valence-corrected chi connectivity index (χ2v) is 2.70. The van der Waals surface area contributed by atoms with Crippen LogP contribution in [0.1, 0.15) is 6.42 Å². The van der Waals surface area contributed by atoms with Crippen molar-refractivity contribution in [2.45, 2.75) is 6.42 Å². The van der Waals surface area contributed by atoms with E-state index in [9.17, 15) is 14.5 Å². The molecule has 15 heavy (non-hydrogen) atoms. The summed E-state index contributed by atoms with van der Waals surface area (Å²) in [5.41, 5.74) is -0.342. The fourth-order valence-corrected chi connectivity index (χ4v) is 0.964. The summed E-state index contributed by atoms with van der Waals surface area (Å²) in [6.45, 7) is 0.205. The van der Waals surface area contributed by atoms with Crippen molar-refractivity contribution < 1.29 is 14.1 Å². The molecule has 0 bridgehead atoms. The number of rotatable bonds is 4. The van der Waals surface area contributed by atoms with Crippen molar-refractivity contribution in [1.82, 2.24) is 0 Å². The van der Waals surface area contributed by atoms with Gasteiger partial charge in [0.15, 0.2) is 0 Å². The molecule has 0 atom stereocenters. The average molecular weight is 209 g/mol. The molecule has 0 aliphatic rings. The van der Waals surface area contributed by atoms with E-state index in [2.05, 4.69) is 5.92 Å². The van der Waals surface area contributed by atoms with E-state index in [1.807, 2.05) is 0 Å². The summed E-state index contributed by atoms with van der Waals surface area (Å²) in [5.74, 6) is 1.74. The zero-order valence-corrected chi connectivity index (χ0v) is 7.77. The van der Waals surface area contributed by atoms with E-state index in [0.717, 1.165) is 18.2 Å². The van der Waals surface area contributed by atoms with E-state index in [1.165, 1.54) is 0 Å². The molecule has 0 saturated heterocycles. The molecule has 0 N–H and O–H groups in total. The number of nitro benzene ring substituents is 1. The largest absolute Gasteiger partial charge is 0.492 e. The number of benzene rings is 1. The normalized spacial score (nSPS) is 9.33. The van der Waals surface area contributed by atoms with Crippen molar-refractivity contribution in [3.05, 3.63) is 34.1 Å². The highest BCUT2D eigenvalue weighted by atomic mass is 19.1. The molecule has 0 unspecified atom stereocenters. The molecule has 78 valence electrons. The summed E-state index contributed by atoms with van der Waals surface area (Å²) in [6, 6.07) is 3.05. The third-order valence-corrected chi connectivity index (χ3v) is 1.58. The summed E-state index contributed by atoms with van der Waals surface area (Å²) in [6.07, 6.45) is 5.35. The highest BCUT2D eigenvalue weighted by Gasteiger charge is 2.10. The monoisotopic (exact) mass is 209 g/mol. The van der Waals surface area contributed by atoms with E-state index in [1.54, 1.807) is 0 Å². The van der Waals surface area contributed by atoms with Crippen LogP contribution in [0.4, 0.5) is 10.1 Å². The molecular weight excluding hydrogens is 201 g/mol. The third-order valence-electron chi connectivity index (χ3n) is 1.58. The Morgan fingerprint density at radius 2 is 2.27 bits per heavy atom. The fourth-order valence-electron chi connectivity index (χ4n) is 0.964. The highest BCUT2D eigenvalue weighted by Crippen LogP contribution is 2.21. The maximum Gasteiger partial charge on any atom is 0.276 e. The molecule has 1 aromatic rings. The lowest BCUT2D eigenvalue weighted by atomic mass is 10.3. The predicted octanol–water partition coefficient (Wildman–Crippen LogP) is 2.14. The first-order valence-electron chi connectivity index (χ1n) is 4.14. The van der Waals surface area contributed by atoms with Crippen LogP contribution in [0.3, 0.4) is 0 Å². The minimum atomic E-state index is -0.708. The van der Waals surface area contributed by atoms with Gasteiger partial charge in [-0.2, -0.15) is 0 Å². The Morgan fingerprint density at radius 1 is 1.53 bits per heavy atom. The lowest BCUT2D eigenvalue weighted by Gasteiger charge is -2.03. The Hall–Kier alpha value is -2.09. The number of non-ortho nitro benzene ring substituents is 1. The van der Waals surface area contributed by atoms with Crippen LogP contribution in [0, 0.1) is 28.3 Å². The molecule has 0 spiro atoms. The molecular formula is C10H8FNO3. The van der Waals surface area contributed by atoms with Gasteiger partial charge in [0, 0.05) is 12.5 Å². The Balaban J connectivity index is 2.80. The van der Waals surface area contributed by atoms with Crippen LogP contribution in [0.15, 0.2) is 18.2 Å². The lowest BCUT2D eigenvalue weighted by Crippen LogP contribution is -1.97. The summed E-state index contributed by atoms with van der Waals surface area (Å²) in [7, 11) is 0. The Labute approximate surface area is 85.8 Å². The number of nitro groups is 1. The van der Waals surface area contributed by atoms with Gasteiger partial charge in [-0.25, -0.2) is 4.39 Å². The SMILES string of the molecule is C#CCCOc1cc(F)cc([N+](=O)[O-])c1. The van der Waals surface area contributed by atoms with Gasteiger partial charge in [-0.1, -0.05) is 0 Å². The number of hydrogen-bond donors (Lipinski definition) is 0. The number of ether oxygens (including phenoxy) is 1. The van der Waals surface area contributed by atoms with E-state index in [0.29, 0.717) is 6.42 Å². The van der Waals surface area contributed by atoms with Gasteiger partial charge in [-0.05, 0) is 0 Å². The summed E-state index contributed by atoms with van der Waals surface area (Å²) >= 11 is 0. The van der Waals surface area contributed by atoms with Crippen LogP contribution in [-0.2, 0) is 0 Å². The second kappa shape index (κ2) is 4.96. The van der Waals surface area contributed by atoms with E-state index in [-0.39, 0.29) is 18.0 Å². The minimum Gasteiger partial charge on any atom is -0.492 e. The van der Waals surface area contributed by atoms with Gasteiger partial charge < -0.3 is 4.74 Å². The summed E-state index contributed by atoms with van der Waals surface area (Å²) < 4.78 is 17.9. The topological polar surface area (TPSA) is 52.4 Å². The molecule has 0 amide bonds. The third kappa shape index (κ3) is 3.27. The average Bonchev–Trinajstić information content (AvgIpc) is 2.17. The van der Waals surface area contributed by atoms with Crippen LogP contribution in [0.5, 0.6) is 5.75 Å². The molecule has 0 fully saturated rings. The summed E-state index contributed by atoms with van der Waals surface area (Å²) in [5, 5.41) is 10.4. The first kappa shape index (κ1) is 11.0. The molecule has 0 saturated carbocycles. The van der Waals surface area contributed by atoms with Crippen LogP contribution >= 0.6 is 0 Å². The van der Waals surface area contributed by atoms with Gasteiger partial charge in [-0.3, -0.25) is 10.1 Å².